The summed E-state index contributed by atoms with van der Waals surface area (Å²) in [6, 6.07) is -0.711. The Kier molecular flexibility index (Phi) is 4.13. The molecule has 0 saturated carbocycles. The fourth-order valence-corrected chi connectivity index (χ4v) is 5.29. The number of nitrogens with one attached hydrogen (secondary N) is 1. The summed E-state index contributed by atoms with van der Waals surface area (Å²) >= 11 is 0. The molecule has 0 spiro atoms. The van der Waals surface area contributed by atoms with E-state index in [9.17, 15) is 9.00 Å². The first-order valence-corrected chi connectivity index (χ1v) is 11.2. The summed E-state index contributed by atoms with van der Waals surface area (Å²) in [5.74, 6) is 0.334. The van der Waals surface area contributed by atoms with Crippen LogP contribution in [0.15, 0.2) is 15.5 Å². The second kappa shape index (κ2) is 6.56. The topological polar surface area (TPSA) is 124 Å². The van der Waals surface area contributed by atoms with E-state index in [-0.39, 0.29) is 4.90 Å². The Hall–Kier alpha value is -2.46. The van der Waals surface area contributed by atoms with E-state index < -0.39 is 15.9 Å². The summed E-state index contributed by atoms with van der Waals surface area (Å²) in [6.07, 6.45) is 7.86. The molecule has 0 bridgehead atoms. The summed E-state index contributed by atoms with van der Waals surface area (Å²) in [6.45, 7) is 1.15. The van der Waals surface area contributed by atoms with Crippen LogP contribution in [0.4, 0.5) is 10.5 Å². The molecule has 0 fully saturated rings. The second-order valence-electron chi connectivity index (χ2n) is 7.37. The molecule has 0 saturated heterocycles. The van der Waals surface area contributed by atoms with Crippen LogP contribution in [0.25, 0.3) is 0 Å². The van der Waals surface area contributed by atoms with Crippen LogP contribution in [0.3, 0.4) is 0 Å². The van der Waals surface area contributed by atoms with Crippen LogP contribution >= 0.6 is 0 Å². The molecule has 2 amide bonds. The zero-order valence-corrected chi connectivity index (χ0v) is 16.3. The van der Waals surface area contributed by atoms with Crippen LogP contribution in [0.1, 0.15) is 41.8 Å². The number of pyridine rings is 1. The van der Waals surface area contributed by atoms with Crippen molar-refractivity contribution in [2.75, 3.05) is 11.9 Å². The molecule has 0 radical (unpaired) electrons. The number of aromatic nitrogens is 3. The molecule has 28 heavy (non-hydrogen) atoms. The molecular weight excluding hydrogens is 380 g/mol. The van der Waals surface area contributed by atoms with Gasteiger partial charge in [0.1, 0.15) is 4.90 Å². The molecule has 2 aromatic rings. The maximum atomic E-state index is 13.0. The lowest BCUT2D eigenvalue weighted by Gasteiger charge is -2.16. The van der Waals surface area contributed by atoms with Gasteiger partial charge in [0.05, 0.1) is 18.5 Å². The molecule has 2 aromatic heterocycles. The fourth-order valence-electron chi connectivity index (χ4n) is 4.28. The Balaban J connectivity index is 1.49. The maximum Gasteiger partial charge on any atom is 0.354 e. The molecule has 1 unspecified atom stereocenters. The summed E-state index contributed by atoms with van der Waals surface area (Å²) in [5.41, 5.74) is 5.08. The maximum absolute atomic E-state index is 13.0. The Morgan fingerprint density at radius 1 is 1.18 bits per heavy atom. The number of carbonyl (C=O) groups is 1. The molecule has 3 aliphatic rings. The minimum atomic E-state index is -3.47. The quantitative estimate of drug-likeness (QED) is 0.795. The fraction of sp³-hybridized carbons (Fsp3) is 0.500. The molecule has 10 heteroatoms. The summed E-state index contributed by atoms with van der Waals surface area (Å²) in [7, 11) is -3.47. The minimum absolute atomic E-state index is 0.160. The van der Waals surface area contributed by atoms with Crippen LogP contribution in [-0.4, -0.2) is 31.6 Å². The van der Waals surface area contributed by atoms with Gasteiger partial charge in [-0.1, -0.05) is 0 Å². The van der Waals surface area contributed by atoms with Crippen molar-refractivity contribution < 1.29 is 13.7 Å². The third kappa shape index (κ3) is 2.87. The lowest BCUT2D eigenvalue weighted by molar-refractivity contribution is 0.224. The Morgan fingerprint density at radius 3 is 2.61 bits per heavy atom. The first-order valence-electron chi connectivity index (χ1n) is 9.61. The van der Waals surface area contributed by atoms with Gasteiger partial charge >= 0.3 is 6.03 Å². The highest BCUT2D eigenvalue weighted by molar-refractivity contribution is 7.91. The van der Waals surface area contributed by atoms with Crippen LogP contribution < -0.4 is 15.2 Å². The Labute approximate surface area is 163 Å². The average Bonchev–Trinajstić information content (AvgIpc) is 3.39. The average molecular weight is 402 g/mol. The number of aryl methyl sites for hydroxylation is 3. The smallest absolute Gasteiger partial charge is 0.354 e. The van der Waals surface area contributed by atoms with Gasteiger partial charge in [-0.2, -0.15) is 5.10 Å². The first-order chi connectivity index (χ1) is 13.5. The number of carbonyl (C=O) groups excluding carboxylic acids is 1. The molecule has 5 rings (SSSR count). The summed E-state index contributed by atoms with van der Waals surface area (Å²) in [4.78, 5) is 17.6. The van der Waals surface area contributed by atoms with Gasteiger partial charge in [-0.15, -0.1) is 4.36 Å². The van der Waals surface area contributed by atoms with Gasteiger partial charge < -0.3 is 10.1 Å². The summed E-state index contributed by atoms with van der Waals surface area (Å²) in [5, 5.41) is 13.0. The highest BCUT2D eigenvalue weighted by Gasteiger charge is 2.28. The molecule has 3 N–H and O–H groups in total. The van der Waals surface area contributed by atoms with Gasteiger partial charge in [-0.25, -0.2) is 18.8 Å². The zero-order chi connectivity index (χ0) is 19.3. The minimum Gasteiger partial charge on any atom is -0.477 e. The third-order valence-corrected chi connectivity index (χ3v) is 6.88. The van der Waals surface area contributed by atoms with Gasteiger partial charge in [0.2, 0.25) is 5.88 Å². The Bertz CT molecular complexity index is 1070. The molecular formula is C18H22N6O3S. The van der Waals surface area contributed by atoms with Crippen molar-refractivity contribution >= 4 is 21.6 Å². The highest BCUT2D eigenvalue weighted by atomic mass is 32.2. The molecule has 9 nitrogen and oxygen atoms in total. The molecule has 0 aromatic carbocycles. The number of hydrogen-bond acceptors (Lipinski definition) is 5. The zero-order valence-electron chi connectivity index (χ0n) is 15.4. The van der Waals surface area contributed by atoms with Crippen molar-refractivity contribution in [3.63, 3.8) is 0 Å². The predicted octanol–water partition coefficient (Wildman–Crippen LogP) is 1.97. The lowest BCUT2D eigenvalue weighted by atomic mass is 10.1. The first kappa shape index (κ1) is 17.6. The number of rotatable bonds is 2. The molecule has 1 atom stereocenters. The van der Waals surface area contributed by atoms with Gasteiger partial charge in [-0.3, -0.25) is 4.98 Å². The van der Waals surface area contributed by atoms with Gasteiger partial charge in [0.15, 0.2) is 9.92 Å². The van der Waals surface area contributed by atoms with E-state index >= 15 is 0 Å². The summed E-state index contributed by atoms with van der Waals surface area (Å²) < 4.78 is 23.9. The van der Waals surface area contributed by atoms with Crippen LogP contribution in [0.5, 0.6) is 5.88 Å². The number of ether oxygens (including phenoxy) is 1. The van der Waals surface area contributed by atoms with E-state index in [1.165, 1.54) is 6.20 Å². The number of nitrogens with zero attached hydrogens (tertiary/aromatic N) is 4. The van der Waals surface area contributed by atoms with E-state index in [0.717, 1.165) is 73.1 Å². The number of urea groups is 1. The van der Waals surface area contributed by atoms with Crippen molar-refractivity contribution in [1.82, 2.24) is 14.8 Å². The van der Waals surface area contributed by atoms with Gasteiger partial charge in [0, 0.05) is 24.4 Å². The third-order valence-electron chi connectivity index (χ3n) is 5.53. The Morgan fingerprint density at radius 2 is 1.89 bits per heavy atom. The van der Waals surface area contributed by atoms with Crippen molar-refractivity contribution in [2.24, 2.45) is 9.50 Å². The number of fused-ring (bicyclic) bond motifs is 3. The number of nitrogens with two attached hydrogens (primary N) is 1. The van der Waals surface area contributed by atoms with E-state index in [4.69, 9.17) is 14.9 Å². The van der Waals surface area contributed by atoms with E-state index in [2.05, 4.69) is 14.8 Å². The monoisotopic (exact) mass is 402 g/mol. The van der Waals surface area contributed by atoms with E-state index in [1.54, 1.807) is 4.68 Å². The predicted molar refractivity (Wildman–Crippen MR) is 103 cm³/mol. The van der Waals surface area contributed by atoms with Crippen LogP contribution in [0.2, 0.25) is 0 Å². The largest absolute Gasteiger partial charge is 0.477 e. The highest BCUT2D eigenvalue weighted by Crippen LogP contribution is 2.36. The number of amides is 2. The van der Waals surface area contributed by atoms with E-state index in [1.807, 2.05) is 0 Å². The SMILES string of the molecule is NS(=O)(=NC(=O)Nc1c2c(nc3c1CCC3)CCC2)c1cnn2c1OCCC2. The van der Waals surface area contributed by atoms with Crippen molar-refractivity contribution in [2.45, 2.75) is 56.4 Å². The van der Waals surface area contributed by atoms with Crippen molar-refractivity contribution in [3.05, 3.63) is 28.7 Å². The molecule has 3 heterocycles. The normalized spacial score (nSPS) is 19.2. The number of anilines is 1. The van der Waals surface area contributed by atoms with Crippen LogP contribution in [-0.2, 0) is 42.1 Å². The van der Waals surface area contributed by atoms with Crippen molar-refractivity contribution in [1.29, 1.82) is 0 Å². The molecule has 148 valence electrons. The molecule has 1 aliphatic heterocycles. The second-order valence-corrected chi connectivity index (χ2v) is 9.13. The lowest BCUT2D eigenvalue weighted by Crippen LogP contribution is -2.21. The number of hydrogen-bond donors (Lipinski definition) is 2. The standard InChI is InChI=1S/C18H22N6O3S/c19-28(26,15-10-20-24-8-3-9-27-17(15)24)23-18(25)22-16-11-4-1-6-13(11)21-14-7-2-5-12(14)16/h10H,1-9H2,(H3,19,21,22,23,25,26). The van der Waals surface area contributed by atoms with Crippen LogP contribution in [0, 0.1) is 0 Å². The molecule has 2 aliphatic carbocycles. The van der Waals surface area contributed by atoms with E-state index in [0.29, 0.717) is 19.0 Å². The van der Waals surface area contributed by atoms with Gasteiger partial charge in [0.25, 0.3) is 0 Å². The van der Waals surface area contributed by atoms with Gasteiger partial charge in [-0.05, 0) is 49.7 Å². The van der Waals surface area contributed by atoms with Crippen molar-refractivity contribution in [3.8, 4) is 5.88 Å².